The topological polar surface area (TPSA) is 32.3 Å². The Morgan fingerprint density at radius 1 is 0.895 bits per heavy atom. The van der Waals surface area contributed by atoms with Crippen LogP contribution in [0.2, 0.25) is 0 Å². The van der Waals surface area contributed by atoms with Gasteiger partial charge in [-0.15, -0.1) is 0 Å². The van der Waals surface area contributed by atoms with Crippen molar-refractivity contribution in [2.45, 2.75) is 31.7 Å². The highest BCUT2D eigenvalue weighted by atomic mass is 16.5. The quantitative estimate of drug-likeness (QED) is 0.792. The Kier molecular flexibility index (Phi) is 4.35. The molecule has 100 valence electrons. The summed E-state index contributed by atoms with van der Waals surface area (Å²) in [4.78, 5) is 0. The van der Waals surface area contributed by atoms with E-state index in [4.69, 9.17) is 0 Å². The smallest absolute Gasteiger partial charge is 0.0382 e. The Balaban J connectivity index is 2.35. The lowest BCUT2D eigenvalue weighted by Crippen LogP contribution is -2.38. The van der Waals surface area contributed by atoms with Gasteiger partial charge in [-0.2, -0.15) is 5.48 Å². The van der Waals surface area contributed by atoms with Crippen molar-refractivity contribution in [3.63, 3.8) is 0 Å². The lowest BCUT2D eigenvalue weighted by atomic mass is 9.82. The summed E-state index contributed by atoms with van der Waals surface area (Å²) >= 11 is 0. The van der Waals surface area contributed by atoms with E-state index in [9.17, 15) is 5.21 Å². The van der Waals surface area contributed by atoms with Crippen molar-refractivity contribution in [3.05, 3.63) is 71.8 Å². The minimum absolute atomic E-state index is 0.275. The molecule has 0 unspecified atom stereocenters. The second-order valence-electron chi connectivity index (χ2n) is 5.57. The summed E-state index contributed by atoms with van der Waals surface area (Å²) in [5.74, 6) is 0.275. The van der Waals surface area contributed by atoms with Gasteiger partial charge in [0.2, 0.25) is 0 Å². The molecule has 2 heteroatoms. The van der Waals surface area contributed by atoms with Gasteiger partial charge in [-0.3, -0.25) is 0 Å². The molecule has 0 aliphatic rings. The molecular formula is C17H21NO. The van der Waals surface area contributed by atoms with Crippen molar-refractivity contribution in [3.8, 4) is 0 Å². The Hall–Kier alpha value is -1.64. The normalized spacial score (nSPS) is 11.8. The molecule has 0 bridgehead atoms. The van der Waals surface area contributed by atoms with Crippen molar-refractivity contribution in [2.75, 3.05) is 0 Å². The summed E-state index contributed by atoms with van der Waals surface area (Å²) in [5, 5.41) is 9.29. The van der Waals surface area contributed by atoms with Crippen molar-refractivity contribution in [2.24, 2.45) is 0 Å². The van der Waals surface area contributed by atoms with E-state index in [0.29, 0.717) is 0 Å². The first-order valence-corrected chi connectivity index (χ1v) is 6.63. The van der Waals surface area contributed by atoms with Crippen LogP contribution in [0, 0.1) is 0 Å². The predicted octanol–water partition coefficient (Wildman–Crippen LogP) is 3.97. The van der Waals surface area contributed by atoms with Crippen molar-refractivity contribution in [1.82, 2.24) is 5.48 Å². The average molecular weight is 255 g/mol. The van der Waals surface area contributed by atoms with Gasteiger partial charge in [-0.05, 0) is 31.4 Å². The third-order valence-electron chi connectivity index (χ3n) is 3.42. The summed E-state index contributed by atoms with van der Waals surface area (Å²) in [6.07, 6.45) is 0.831. The highest BCUT2D eigenvalue weighted by Gasteiger charge is 2.24. The van der Waals surface area contributed by atoms with E-state index in [1.807, 2.05) is 26.0 Å². The maximum absolute atomic E-state index is 9.29. The summed E-state index contributed by atoms with van der Waals surface area (Å²) in [6, 6.07) is 20.9. The molecule has 2 rings (SSSR count). The molecule has 2 aromatic rings. The minimum atomic E-state index is -0.323. The average Bonchev–Trinajstić information content (AvgIpc) is 2.47. The van der Waals surface area contributed by atoms with Gasteiger partial charge in [0.25, 0.3) is 0 Å². The van der Waals surface area contributed by atoms with Crippen LogP contribution in [0.1, 0.15) is 37.3 Å². The van der Waals surface area contributed by atoms with Crippen molar-refractivity contribution in [1.29, 1.82) is 0 Å². The fourth-order valence-corrected chi connectivity index (χ4v) is 2.35. The molecule has 2 N–H and O–H groups in total. The first-order valence-electron chi connectivity index (χ1n) is 6.63. The van der Waals surface area contributed by atoms with Crippen LogP contribution in [-0.2, 0) is 0 Å². The Morgan fingerprint density at radius 2 is 1.32 bits per heavy atom. The zero-order valence-corrected chi connectivity index (χ0v) is 11.5. The largest absolute Gasteiger partial charge is 0.316 e. The minimum Gasteiger partial charge on any atom is -0.316 e. The van der Waals surface area contributed by atoms with Gasteiger partial charge in [-0.25, -0.2) is 0 Å². The second-order valence-corrected chi connectivity index (χ2v) is 5.57. The van der Waals surface area contributed by atoms with Crippen LogP contribution in [0.4, 0.5) is 0 Å². The summed E-state index contributed by atoms with van der Waals surface area (Å²) in [7, 11) is 0. The van der Waals surface area contributed by atoms with E-state index >= 15 is 0 Å². The number of rotatable bonds is 5. The van der Waals surface area contributed by atoms with Gasteiger partial charge in [0, 0.05) is 11.5 Å². The Bertz CT molecular complexity index is 454. The van der Waals surface area contributed by atoms with E-state index in [-0.39, 0.29) is 11.5 Å². The van der Waals surface area contributed by atoms with Gasteiger partial charge in [-0.1, -0.05) is 60.7 Å². The maximum Gasteiger partial charge on any atom is 0.0382 e. The van der Waals surface area contributed by atoms with Gasteiger partial charge in [0.05, 0.1) is 0 Å². The standard InChI is InChI=1S/C17H21NO/c1-17(2,18-19)13-16(14-9-5-3-6-10-14)15-11-7-4-8-12-15/h3-12,16,18-19H,13H2,1-2H3. The van der Waals surface area contributed by atoms with Crippen LogP contribution < -0.4 is 5.48 Å². The van der Waals surface area contributed by atoms with Crippen LogP contribution >= 0.6 is 0 Å². The number of benzene rings is 2. The SMILES string of the molecule is CC(C)(CC(c1ccccc1)c1ccccc1)NO. The molecule has 0 radical (unpaired) electrons. The van der Waals surface area contributed by atoms with Gasteiger partial charge in [0.15, 0.2) is 0 Å². The number of nitrogens with one attached hydrogen (secondary N) is 1. The predicted molar refractivity (Wildman–Crippen MR) is 78.3 cm³/mol. The number of hydrogen-bond donors (Lipinski definition) is 2. The molecule has 0 atom stereocenters. The van der Waals surface area contributed by atoms with E-state index in [1.165, 1.54) is 11.1 Å². The Morgan fingerprint density at radius 3 is 1.68 bits per heavy atom. The molecule has 0 aromatic heterocycles. The first kappa shape index (κ1) is 13.8. The van der Waals surface area contributed by atoms with Crippen LogP contribution in [-0.4, -0.2) is 10.7 Å². The molecule has 0 spiro atoms. The molecule has 0 heterocycles. The summed E-state index contributed by atoms with van der Waals surface area (Å²) in [5.41, 5.74) is 4.64. The zero-order chi connectivity index (χ0) is 13.7. The number of hydroxylamine groups is 1. The first-order chi connectivity index (χ1) is 9.12. The van der Waals surface area contributed by atoms with Gasteiger partial charge < -0.3 is 5.21 Å². The van der Waals surface area contributed by atoms with Crippen LogP contribution in [0.5, 0.6) is 0 Å². The monoisotopic (exact) mass is 255 g/mol. The maximum atomic E-state index is 9.29. The van der Waals surface area contributed by atoms with Gasteiger partial charge >= 0.3 is 0 Å². The van der Waals surface area contributed by atoms with E-state index in [1.54, 1.807) is 0 Å². The van der Waals surface area contributed by atoms with E-state index < -0.39 is 0 Å². The molecule has 2 aromatic carbocycles. The second kappa shape index (κ2) is 6.00. The van der Waals surface area contributed by atoms with E-state index in [0.717, 1.165) is 6.42 Å². The molecule has 0 saturated heterocycles. The van der Waals surface area contributed by atoms with Crippen LogP contribution in [0.25, 0.3) is 0 Å². The Labute approximate surface area is 115 Å². The van der Waals surface area contributed by atoms with Gasteiger partial charge in [0.1, 0.15) is 0 Å². The zero-order valence-electron chi connectivity index (χ0n) is 11.5. The van der Waals surface area contributed by atoms with Crippen molar-refractivity contribution < 1.29 is 5.21 Å². The molecule has 0 aliphatic carbocycles. The van der Waals surface area contributed by atoms with Crippen LogP contribution in [0.15, 0.2) is 60.7 Å². The molecule has 0 saturated carbocycles. The summed E-state index contributed by atoms with van der Waals surface area (Å²) < 4.78 is 0. The molecule has 0 fully saturated rings. The molecular weight excluding hydrogens is 234 g/mol. The lowest BCUT2D eigenvalue weighted by molar-refractivity contribution is 0.0741. The molecule has 0 aliphatic heterocycles. The fourth-order valence-electron chi connectivity index (χ4n) is 2.35. The molecule has 19 heavy (non-hydrogen) atoms. The third-order valence-corrected chi connectivity index (χ3v) is 3.42. The third kappa shape index (κ3) is 3.66. The van der Waals surface area contributed by atoms with Crippen molar-refractivity contribution >= 4 is 0 Å². The lowest BCUT2D eigenvalue weighted by Gasteiger charge is -2.29. The van der Waals surface area contributed by atoms with E-state index in [2.05, 4.69) is 54.0 Å². The summed E-state index contributed by atoms with van der Waals surface area (Å²) in [6.45, 7) is 4.01. The highest BCUT2D eigenvalue weighted by molar-refractivity contribution is 5.32. The van der Waals surface area contributed by atoms with Crippen LogP contribution in [0.3, 0.4) is 0 Å². The molecule has 0 amide bonds. The highest BCUT2D eigenvalue weighted by Crippen LogP contribution is 2.32. The fraction of sp³-hybridized carbons (Fsp3) is 0.294. The molecule has 2 nitrogen and oxygen atoms in total. The number of hydrogen-bond acceptors (Lipinski definition) is 2.